The molecule has 0 amide bonds. The summed E-state index contributed by atoms with van der Waals surface area (Å²) >= 11 is 3.77. The van der Waals surface area contributed by atoms with Gasteiger partial charge in [0.05, 0.1) is 0 Å². The summed E-state index contributed by atoms with van der Waals surface area (Å²) in [5, 5.41) is 1.86. The highest BCUT2D eigenvalue weighted by Crippen LogP contribution is 1.70. The number of rotatable bonds is 2. The molecule has 0 spiro atoms. The first-order chi connectivity index (χ1) is 2.81. The van der Waals surface area contributed by atoms with Gasteiger partial charge in [0.25, 0.3) is 0 Å². The summed E-state index contributed by atoms with van der Waals surface area (Å²) in [7, 11) is 1.92. The number of hydrazine groups is 1. The highest BCUT2D eigenvalue weighted by molar-refractivity contribution is 7.78. The van der Waals surface area contributed by atoms with Crippen LogP contribution in [-0.4, -0.2) is 18.6 Å². The Kier molecular flexibility index (Phi) is 3.62. The smallest absolute Gasteiger partial charge is 0.0108 e. The van der Waals surface area contributed by atoms with Gasteiger partial charge >= 0.3 is 0 Å². The Morgan fingerprint density at radius 3 is 2.33 bits per heavy atom. The quantitative estimate of drug-likeness (QED) is 0.388. The van der Waals surface area contributed by atoms with Gasteiger partial charge in [0.2, 0.25) is 0 Å². The zero-order valence-electron chi connectivity index (χ0n) is 4.10. The molecule has 0 saturated heterocycles. The van der Waals surface area contributed by atoms with Crippen molar-refractivity contribution in [2.45, 2.75) is 6.92 Å². The third kappa shape index (κ3) is 2.50. The second-order valence-electron chi connectivity index (χ2n) is 1.11. The molecular weight excluding hydrogens is 96.1 g/mol. The molecule has 3 heteroatoms. The first-order valence-corrected chi connectivity index (χ1v) is 2.36. The number of nitrogens with zero attached hydrogens (tertiary/aromatic N) is 1. The van der Waals surface area contributed by atoms with Crippen LogP contribution in [0.25, 0.3) is 0 Å². The van der Waals surface area contributed by atoms with Crippen molar-refractivity contribution in [1.29, 1.82) is 0 Å². The molecule has 0 aliphatic rings. The van der Waals surface area contributed by atoms with Gasteiger partial charge in [-0.25, -0.2) is 9.84 Å². The van der Waals surface area contributed by atoms with Crippen LogP contribution in [0.4, 0.5) is 0 Å². The van der Waals surface area contributed by atoms with Gasteiger partial charge in [0, 0.05) is 13.6 Å². The normalized spacial score (nSPS) is 10.0. The number of thiol groups is 1. The second kappa shape index (κ2) is 3.46. The zero-order valence-corrected chi connectivity index (χ0v) is 5.00. The molecule has 0 saturated carbocycles. The van der Waals surface area contributed by atoms with E-state index in [1.165, 1.54) is 0 Å². The lowest BCUT2D eigenvalue weighted by molar-refractivity contribution is 0.331. The van der Waals surface area contributed by atoms with E-state index in [-0.39, 0.29) is 0 Å². The van der Waals surface area contributed by atoms with Gasteiger partial charge in [-0.05, 0) is 0 Å². The van der Waals surface area contributed by atoms with E-state index in [0.717, 1.165) is 6.54 Å². The molecule has 0 heterocycles. The van der Waals surface area contributed by atoms with E-state index < -0.39 is 0 Å². The van der Waals surface area contributed by atoms with E-state index in [0.29, 0.717) is 0 Å². The first-order valence-electron chi connectivity index (χ1n) is 1.92. The Bertz CT molecular complexity index is 28.0. The van der Waals surface area contributed by atoms with Gasteiger partial charge in [-0.3, -0.25) is 0 Å². The highest BCUT2D eigenvalue weighted by atomic mass is 32.1. The van der Waals surface area contributed by atoms with Crippen molar-refractivity contribution >= 4 is 12.8 Å². The summed E-state index contributed by atoms with van der Waals surface area (Å²) < 4.78 is 0. The average molecular weight is 106 g/mol. The van der Waals surface area contributed by atoms with Crippen LogP contribution in [0.5, 0.6) is 0 Å². The average Bonchev–Trinajstić information content (AvgIpc) is 1.65. The lowest BCUT2D eigenvalue weighted by Gasteiger charge is -2.07. The van der Waals surface area contributed by atoms with Crippen LogP contribution < -0.4 is 4.83 Å². The third-order valence-corrected chi connectivity index (χ3v) is 0.986. The molecular formula is C3H10N2S. The van der Waals surface area contributed by atoms with Crippen molar-refractivity contribution in [3.8, 4) is 0 Å². The summed E-state index contributed by atoms with van der Waals surface area (Å²) in [5.74, 6) is 0. The van der Waals surface area contributed by atoms with Gasteiger partial charge in [-0.2, -0.15) is 0 Å². The van der Waals surface area contributed by atoms with Gasteiger partial charge in [0.15, 0.2) is 0 Å². The van der Waals surface area contributed by atoms with Crippen LogP contribution in [-0.2, 0) is 0 Å². The maximum Gasteiger partial charge on any atom is 0.0108 e. The zero-order chi connectivity index (χ0) is 4.99. The van der Waals surface area contributed by atoms with E-state index in [1.807, 2.05) is 19.0 Å². The standard InChI is InChI=1S/C3H10N2S/c1-3-5(2)4-6/h4,6H,3H2,1-2H3. The minimum Gasteiger partial charge on any atom is -0.238 e. The predicted molar refractivity (Wildman–Crippen MR) is 30.4 cm³/mol. The molecule has 1 N–H and O–H groups in total. The fraction of sp³-hybridized carbons (Fsp3) is 1.00. The van der Waals surface area contributed by atoms with Crippen molar-refractivity contribution in [1.82, 2.24) is 9.84 Å². The minimum absolute atomic E-state index is 0.976. The molecule has 0 aromatic rings. The molecule has 0 unspecified atom stereocenters. The maximum absolute atomic E-state index is 3.77. The SMILES string of the molecule is CCN(C)NS. The minimum atomic E-state index is 0.976. The molecule has 0 aromatic carbocycles. The van der Waals surface area contributed by atoms with Crippen molar-refractivity contribution in [3.63, 3.8) is 0 Å². The largest absolute Gasteiger partial charge is 0.238 e. The Morgan fingerprint density at radius 2 is 2.33 bits per heavy atom. The monoisotopic (exact) mass is 106 g/mol. The molecule has 0 aliphatic heterocycles. The number of hydrogen-bond acceptors (Lipinski definition) is 3. The first kappa shape index (κ1) is 6.27. The molecule has 6 heavy (non-hydrogen) atoms. The van der Waals surface area contributed by atoms with E-state index in [1.54, 1.807) is 0 Å². The Balaban J connectivity index is 2.75. The Labute approximate surface area is 44.0 Å². The van der Waals surface area contributed by atoms with Crippen LogP contribution >= 0.6 is 12.8 Å². The molecule has 0 fully saturated rings. The fourth-order valence-corrected chi connectivity index (χ4v) is 0.212. The van der Waals surface area contributed by atoms with Crippen LogP contribution in [0.15, 0.2) is 0 Å². The molecule has 0 aliphatic carbocycles. The third-order valence-electron chi connectivity index (χ3n) is 0.645. The highest BCUT2D eigenvalue weighted by Gasteiger charge is 1.80. The maximum atomic E-state index is 3.77. The van der Waals surface area contributed by atoms with E-state index in [2.05, 4.69) is 17.6 Å². The summed E-state index contributed by atoms with van der Waals surface area (Å²) in [4.78, 5) is 2.64. The predicted octanol–water partition coefficient (Wildman–Crippen LogP) is 0.288. The summed E-state index contributed by atoms with van der Waals surface area (Å²) in [6, 6.07) is 0. The van der Waals surface area contributed by atoms with Crippen molar-refractivity contribution in [3.05, 3.63) is 0 Å². The lowest BCUT2D eigenvalue weighted by Crippen LogP contribution is -2.25. The van der Waals surface area contributed by atoms with Gasteiger partial charge in [0.1, 0.15) is 0 Å². The molecule has 2 nitrogen and oxygen atoms in total. The van der Waals surface area contributed by atoms with Crippen LogP contribution in [0, 0.1) is 0 Å². The van der Waals surface area contributed by atoms with Gasteiger partial charge < -0.3 is 0 Å². The molecule has 38 valence electrons. The molecule has 0 rings (SSSR count). The van der Waals surface area contributed by atoms with Crippen molar-refractivity contribution in [2.75, 3.05) is 13.6 Å². The van der Waals surface area contributed by atoms with Crippen LogP contribution in [0.3, 0.4) is 0 Å². The van der Waals surface area contributed by atoms with Gasteiger partial charge in [-0.1, -0.05) is 19.7 Å². The topological polar surface area (TPSA) is 15.3 Å². The Hall–Kier alpha value is 0.270. The molecule has 0 bridgehead atoms. The van der Waals surface area contributed by atoms with E-state index >= 15 is 0 Å². The molecule has 0 radical (unpaired) electrons. The number of nitrogens with one attached hydrogen (secondary N) is 1. The van der Waals surface area contributed by atoms with Crippen LogP contribution in [0.1, 0.15) is 6.92 Å². The summed E-state index contributed by atoms with van der Waals surface area (Å²) in [6.45, 7) is 3.02. The van der Waals surface area contributed by atoms with Crippen molar-refractivity contribution in [2.24, 2.45) is 0 Å². The van der Waals surface area contributed by atoms with Crippen molar-refractivity contribution < 1.29 is 0 Å². The molecule has 0 atom stereocenters. The van der Waals surface area contributed by atoms with Gasteiger partial charge in [-0.15, -0.1) is 0 Å². The van der Waals surface area contributed by atoms with E-state index in [4.69, 9.17) is 0 Å². The summed E-state index contributed by atoms with van der Waals surface area (Å²) in [5.41, 5.74) is 0. The summed E-state index contributed by atoms with van der Waals surface area (Å²) in [6.07, 6.45) is 0. The van der Waals surface area contributed by atoms with Crippen LogP contribution in [0.2, 0.25) is 0 Å². The second-order valence-corrected chi connectivity index (χ2v) is 1.31. The number of hydrogen-bond donors (Lipinski definition) is 2. The van der Waals surface area contributed by atoms with E-state index in [9.17, 15) is 0 Å². The fourth-order valence-electron chi connectivity index (χ4n) is 0.0707. The lowest BCUT2D eigenvalue weighted by atomic mass is 10.8. The molecule has 0 aromatic heterocycles. The Morgan fingerprint density at radius 1 is 1.83 bits per heavy atom.